The smallest absolute Gasteiger partial charge is 0.395 e. The Morgan fingerprint density at radius 1 is 1.00 bits per heavy atom. The van der Waals surface area contributed by atoms with E-state index in [2.05, 4.69) is 0 Å². The molecule has 0 aromatic carbocycles. The minimum absolute atomic E-state index is 0.0661. The van der Waals surface area contributed by atoms with Crippen molar-refractivity contribution in [3.05, 3.63) is 0 Å². The number of alkyl halides is 6. The van der Waals surface area contributed by atoms with Gasteiger partial charge in [-0.1, -0.05) is 0 Å². The molecule has 0 radical (unpaired) electrons. The highest BCUT2D eigenvalue weighted by atomic mass is 32.2. The number of aliphatic hydroxyl groups excluding tert-OH is 1. The second-order valence-electron chi connectivity index (χ2n) is 3.71. The minimum atomic E-state index is -4.83. The Bertz CT molecular complexity index is 364. The second-order valence-corrected chi connectivity index (χ2v) is 5.80. The van der Waals surface area contributed by atoms with Crippen LogP contribution in [0.25, 0.3) is 0 Å². The molecule has 0 aromatic rings. The molecule has 116 valence electrons. The molecule has 0 aliphatic carbocycles. The Kier molecular flexibility index (Phi) is 6.55. The lowest BCUT2D eigenvalue weighted by molar-refractivity contribution is -0.137. The van der Waals surface area contributed by atoms with Crippen molar-refractivity contribution in [2.45, 2.75) is 25.2 Å². The van der Waals surface area contributed by atoms with Crippen LogP contribution >= 0.6 is 0 Å². The molecule has 0 aliphatic heterocycles. The lowest BCUT2D eigenvalue weighted by atomic mass is 10.3. The SMILES string of the molecule is O=S(=O)(CCCC(F)(F)F)N(CCO)CC(F)(F)F. The minimum Gasteiger partial charge on any atom is -0.395 e. The van der Waals surface area contributed by atoms with Gasteiger partial charge in [-0.25, -0.2) is 8.42 Å². The molecule has 19 heavy (non-hydrogen) atoms. The van der Waals surface area contributed by atoms with E-state index in [1.807, 2.05) is 0 Å². The summed E-state index contributed by atoms with van der Waals surface area (Å²) in [4.78, 5) is 0. The molecule has 0 unspecified atom stereocenters. The normalized spacial score (nSPS) is 14.1. The molecule has 0 amide bonds. The van der Waals surface area contributed by atoms with Crippen molar-refractivity contribution in [2.24, 2.45) is 0 Å². The van der Waals surface area contributed by atoms with Crippen LogP contribution in [0.3, 0.4) is 0 Å². The molecule has 0 saturated heterocycles. The highest BCUT2D eigenvalue weighted by Crippen LogP contribution is 2.23. The van der Waals surface area contributed by atoms with Gasteiger partial charge in [0.05, 0.1) is 12.4 Å². The maximum atomic E-state index is 12.1. The number of halogens is 6. The van der Waals surface area contributed by atoms with E-state index in [0.717, 1.165) is 0 Å². The first-order valence-corrected chi connectivity index (χ1v) is 6.70. The highest BCUT2D eigenvalue weighted by molar-refractivity contribution is 7.89. The summed E-state index contributed by atoms with van der Waals surface area (Å²) in [7, 11) is -4.49. The van der Waals surface area contributed by atoms with Crippen LogP contribution in [0.1, 0.15) is 12.8 Å². The van der Waals surface area contributed by atoms with Gasteiger partial charge in [0.2, 0.25) is 10.0 Å². The summed E-state index contributed by atoms with van der Waals surface area (Å²) in [6.07, 6.45) is -11.6. The van der Waals surface area contributed by atoms with Crippen LogP contribution in [-0.2, 0) is 10.0 Å². The molecule has 0 aliphatic rings. The van der Waals surface area contributed by atoms with Gasteiger partial charge < -0.3 is 5.11 Å². The predicted octanol–water partition coefficient (Wildman–Crippen LogP) is 1.52. The third-order valence-corrected chi connectivity index (χ3v) is 3.86. The molecule has 1 N–H and O–H groups in total. The molecule has 0 saturated carbocycles. The zero-order valence-corrected chi connectivity index (χ0v) is 10.4. The topological polar surface area (TPSA) is 57.6 Å². The maximum Gasteiger partial charge on any atom is 0.402 e. The van der Waals surface area contributed by atoms with Gasteiger partial charge in [0.15, 0.2) is 0 Å². The monoisotopic (exact) mass is 317 g/mol. The van der Waals surface area contributed by atoms with Gasteiger partial charge in [0.25, 0.3) is 0 Å². The number of hydrogen-bond acceptors (Lipinski definition) is 3. The highest BCUT2D eigenvalue weighted by Gasteiger charge is 2.36. The van der Waals surface area contributed by atoms with Crippen molar-refractivity contribution in [3.8, 4) is 0 Å². The van der Waals surface area contributed by atoms with E-state index in [0.29, 0.717) is 0 Å². The van der Waals surface area contributed by atoms with Crippen molar-refractivity contribution < 1.29 is 39.9 Å². The van der Waals surface area contributed by atoms with Crippen molar-refractivity contribution in [3.63, 3.8) is 0 Å². The van der Waals surface area contributed by atoms with Gasteiger partial charge in [-0.2, -0.15) is 30.6 Å². The second kappa shape index (κ2) is 6.75. The van der Waals surface area contributed by atoms with Crippen molar-refractivity contribution in [2.75, 3.05) is 25.4 Å². The number of hydrogen-bond donors (Lipinski definition) is 1. The summed E-state index contributed by atoms with van der Waals surface area (Å²) in [5.74, 6) is -1.05. The molecular formula is C8H13F6NO3S. The molecule has 0 rings (SSSR count). The fourth-order valence-electron chi connectivity index (χ4n) is 1.21. The van der Waals surface area contributed by atoms with Crippen molar-refractivity contribution >= 4 is 10.0 Å². The predicted molar refractivity (Wildman–Crippen MR) is 53.8 cm³/mol. The molecular weight excluding hydrogens is 304 g/mol. The number of sulfonamides is 1. The van der Waals surface area contributed by atoms with E-state index in [1.165, 1.54) is 0 Å². The third-order valence-electron chi connectivity index (χ3n) is 1.96. The first-order valence-electron chi connectivity index (χ1n) is 5.09. The fraction of sp³-hybridized carbons (Fsp3) is 1.00. The summed E-state index contributed by atoms with van der Waals surface area (Å²) in [6.45, 7) is -3.50. The first-order chi connectivity index (χ1) is 8.37. The average Bonchev–Trinajstić information content (AvgIpc) is 2.12. The summed E-state index contributed by atoms with van der Waals surface area (Å²) in [6, 6.07) is 0. The quantitative estimate of drug-likeness (QED) is 0.724. The van der Waals surface area contributed by atoms with Crippen LogP contribution in [0, 0.1) is 0 Å². The lowest BCUT2D eigenvalue weighted by Gasteiger charge is -2.22. The Hall–Kier alpha value is -0.550. The van der Waals surface area contributed by atoms with Gasteiger partial charge in [0.1, 0.15) is 6.54 Å². The van der Waals surface area contributed by atoms with Crippen LogP contribution < -0.4 is 0 Å². The number of aliphatic hydroxyl groups is 1. The van der Waals surface area contributed by atoms with Crippen LogP contribution in [0.15, 0.2) is 0 Å². The number of nitrogens with zero attached hydrogens (tertiary/aromatic N) is 1. The van der Waals surface area contributed by atoms with E-state index in [4.69, 9.17) is 5.11 Å². The van der Waals surface area contributed by atoms with E-state index >= 15 is 0 Å². The fourth-order valence-corrected chi connectivity index (χ4v) is 2.68. The average molecular weight is 317 g/mol. The Morgan fingerprint density at radius 3 is 1.89 bits per heavy atom. The number of rotatable bonds is 7. The third kappa shape index (κ3) is 9.05. The van der Waals surface area contributed by atoms with Crippen LogP contribution in [-0.4, -0.2) is 55.6 Å². The van der Waals surface area contributed by atoms with Crippen LogP contribution in [0.4, 0.5) is 26.3 Å². The van der Waals surface area contributed by atoms with E-state index < -0.39 is 60.7 Å². The Balaban J connectivity index is 4.62. The zero-order chi connectivity index (χ0) is 15.3. The van der Waals surface area contributed by atoms with Crippen molar-refractivity contribution in [1.82, 2.24) is 4.31 Å². The molecule has 0 fully saturated rings. The summed E-state index contributed by atoms with van der Waals surface area (Å²) in [5, 5.41) is 8.50. The van der Waals surface area contributed by atoms with E-state index in [9.17, 15) is 34.8 Å². The van der Waals surface area contributed by atoms with Crippen molar-refractivity contribution in [1.29, 1.82) is 0 Å². The van der Waals surface area contributed by atoms with E-state index in [-0.39, 0.29) is 4.31 Å². The van der Waals surface area contributed by atoms with E-state index in [1.54, 1.807) is 0 Å². The first kappa shape index (κ1) is 18.4. The summed E-state index contributed by atoms with van der Waals surface area (Å²) < 4.78 is 94.6. The van der Waals surface area contributed by atoms with Crippen LogP contribution in [0.2, 0.25) is 0 Å². The molecule has 0 atom stereocenters. The zero-order valence-electron chi connectivity index (χ0n) is 9.63. The van der Waals surface area contributed by atoms with Gasteiger partial charge in [-0.3, -0.25) is 0 Å². The molecule has 0 aromatic heterocycles. The van der Waals surface area contributed by atoms with Gasteiger partial charge >= 0.3 is 12.4 Å². The van der Waals surface area contributed by atoms with Gasteiger partial charge in [-0.15, -0.1) is 0 Å². The van der Waals surface area contributed by atoms with Gasteiger partial charge in [-0.05, 0) is 6.42 Å². The molecule has 4 nitrogen and oxygen atoms in total. The maximum absolute atomic E-state index is 12.1. The summed E-state index contributed by atoms with van der Waals surface area (Å²) >= 11 is 0. The molecule has 0 heterocycles. The Labute approximate surface area is 106 Å². The van der Waals surface area contributed by atoms with Crippen LogP contribution in [0.5, 0.6) is 0 Å². The molecule has 0 spiro atoms. The molecule has 0 bridgehead atoms. The standard InChI is InChI=1S/C8H13F6NO3S/c9-7(10,11)2-1-5-19(17,18)15(3-4-16)6-8(12,13)14/h16H,1-6H2. The largest absolute Gasteiger partial charge is 0.402 e. The lowest BCUT2D eigenvalue weighted by Crippen LogP contribution is -2.41. The Morgan fingerprint density at radius 2 is 1.53 bits per heavy atom. The molecule has 11 heteroatoms. The van der Waals surface area contributed by atoms with Gasteiger partial charge in [0, 0.05) is 13.0 Å². The summed E-state index contributed by atoms with van der Waals surface area (Å²) in [5.41, 5.74) is 0.